The first-order valence-electron chi connectivity index (χ1n) is 28.1. The highest BCUT2D eigenvalue weighted by Crippen LogP contribution is 2.31. The van der Waals surface area contributed by atoms with Crippen molar-refractivity contribution in [3.05, 3.63) is 215 Å². The number of nitrogens with two attached hydrogens (primary N) is 2. The number of benzene rings is 6. The number of carbonyl (C=O) groups excluding carboxylic acids is 6. The van der Waals surface area contributed by atoms with Crippen LogP contribution in [0.25, 0.3) is 0 Å². The summed E-state index contributed by atoms with van der Waals surface area (Å²) in [6.45, 7) is 9.73. The summed E-state index contributed by atoms with van der Waals surface area (Å²) in [7, 11) is -0.853. The van der Waals surface area contributed by atoms with E-state index in [0.29, 0.717) is 19.8 Å². The van der Waals surface area contributed by atoms with E-state index in [2.05, 4.69) is 30.9 Å². The molecule has 9 rings (SSSR count). The van der Waals surface area contributed by atoms with Crippen LogP contribution in [-0.4, -0.2) is 111 Å². The largest absolute Gasteiger partial charge is 0.461 e. The second-order valence-corrected chi connectivity index (χ2v) is 27.4. The molecule has 0 radical (unpaired) electrons. The molecule has 6 atom stereocenters. The smallest absolute Gasteiger partial charge is 0.311 e. The number of nitrogens with zero attached hydrogens (tertiary/aromatic N) is 2. The van der Waals surface area contributed by atoms with E-state index in [0.717, 1.165) is 39.5 Å². The molecule has 6 aromatic carbocycles. The fourth-order valence-corrected chi connectivity index (χ4v) is 9.43. The van der Waals surface area contributed by atoms with Crippen molar-refractivity contribution in [1.29, 1.82) is 0 Å². The number of carbonyl (C=O) groups is 6. The molecule has 0 spiro atoms. The maximum atomic E-state index is 13.5. The Kier molecular flexibility index (Phi) is 31.4. The van der Waals surface area contributed by atoms with Gasteiger partial charge in [0.15, 0.2) is 0 Å². The van der Waals surface area contributed by atoms with Crippen LogP contribution in [0, 0.1) is 35.5 Å². The van der Waals surface area contributed by atoms with E-state index in [9.17, 15) is 28.8 Å². The molecular formula is C65H81Cl2N5O13Si. The molecular weight excluding hydrogens is 1160 g/mol. The van der Waals surface area contributed by atoms with Gasteiger partial charge in [-0.2, -0.15) is 0 Å². The quantitative estimate of drug-likeness (QED) is 0.0229. The first-order chi connectivity index (χ1) is 40.7. The van der Waals surface area contributed by atoms with Crippen molar-refractivity contribution in [2.75, 3.05) is 52.1 Å². The molecule has 3 aliphatic heterocycles. The predicted octanol–water partition coefficient (Wildman–Crippen LogP) is 8.32. The third-order valence-electron chi connectivity index (χ3n) is 14.2. The molecule has 0 aromatic heterocycles. The minimum absolute atomic E-state index is 0. The summed E-state index contributed by atoms with van der Waals surface area (Å²) in [5, 5.41) is 9.58. The topological polar surface area (TPSA) is 249 Å². The molecule has 0 bridgehead atoms. The normalized spacial score (nSPS) is 18.6. The lowest BCUT2D eigenvalue weighted by atomic mass is 9.96. The highest BCUT2D eigenvalue weighted by atomic mass is 35.5. The van der Waals surface area contributed by atoms with Gasteiger partial charge in [0.25, 0.3) is 0 Å². The molecule has 3 saturated heterocycles. The predicted molar refractivity (Wildman–Crippen MR) is 332 cm³/mol. The van der Waals surface area contributed by atoms with Gasteiger partial charge in [0.1, 0.15) is 39.6 Å². The van der Waals surface area contributed by atoms with Crippen molar-refractivity contribution in [3.63, 3.8) is 0 Å². The average Bonchev–Trinajstić information content (AvgIpc) is 2.98. The van der Waals surface area contributed by atoms with E-state index in [4.69, 9.17) is 39.4 Å². The van der Waals surface area contributed by atoms with Crippen molar-refractivity contribution in [2.24, 2.45) is 47.1 Å². The number of ether oxygens (including phenoxy) is 6. The van der Waals surface area contributed by atoms with Gasteiger partial charge in [-0.05, 0) is 39.5 Å². The van der Waals surface area contributed by atoms with Crippen LogP contribution in [0.5, 0.6) is 0 Å². The fourth-order valence-electron chi connectivity index (χ4n) is 9.43. The molecule has 0 aliphatic carbocycles. The number of hydrogen-bond acceptors (Lipinski definition) is 18. The number of nitrogens with one attached hydrogen (secondary N) is 1. The summed E-state index contributed by atoms with van der Waals surface area (Å²) in [5.74, 6) is -3.16. The van der Waals surface area contributed by atoms with Crippen LogP contribution in [0.3, 0.4) is 0 Å². The zero-order chi connectivity index (χ0) is 60.1. The molecule has 0 unspecified atom stereocenters. The van der Waals surface area contributed by atoms with Crippen molar-refractivity contribution >= 4 is 68.7 Å². The summed E-state index contributed by atoms with van der Waals surface area (Å²) in [6, 6.07) is 56.4. The van der Waals surface area contributed by atoms with E-state index in [1.807, 2.05) is 192 Å². The zero-order valence-electron chi connectivity index (χ0n) is 48.9. The first-order valence-corrected chi connectivity index (χ1v) is 31.8. The Morgan fingerprint density at radius 1 is 0.384 bits per heavy atom. The van der Waals surface area contributed by atoms with Gasteiger partial charge in [0.05, 0.1) is 50.2 Å². The van der Waals surface area contributed by atoms with Crippen LogP contribution in [0.4, 0.5) is 0 Å². The van der Waals surface area contributed by atoms with Crippen molar-refractivity contribution in [3.8, 4) is 0 Å². The van der Waals surface area contributed by atoms with Gasteiger partial charge < -0.3 is 44.7 Å². The Balaban J connectivity index is 0.000000377. The van der Waals surface area contributed by atoms with Gasteiger partial charge in [0, 0.05) is 39.3 Å². The summed E-state index contributed by atoms with van der Waals surface area (Å²) in [5.41, 5.74) is 10.6. The van der Waals surface area contributed by atoms with E-state index < -0.39 is 67.5 Å². The zero-order valence-corrected chi connectivity index (χ0v) is 51.5. The van der Waals surface area contributed by atoms with E-state index in [1.54, 1.807) is 0 Å². The van der Waals surface area contributed by atoms with Crippen molar-refractivity contribution < 1.29 is 62.4 Å². The van der Waals surface area contributed by atoms with Gasteiger partial charge in [0.2, 0.25) is 0 Å². The lowest BCUT2D eigenvalue weighted by molar-refractivity contribution is -0.160. The van der Waals surface area contributed by atoms with Crippen LogP contribution < -0.4 is 16.9 Å². The molecule has 18 nitrogen and oxygen atoms in total. The van der Waals surface area contributed by atoms with E-state index >= 15 is 0 Å². The SMILES string of the molecule is C[Si](C)(C)CN.Cl.Cl.NO.O=C(OCc1ccccc1)[C@H]1CN(CN2C[C@H](C(=O)OCc3ccccc3)[C@@H](C(=O)OCc3ccccc3)C2)C[C@@H]1C(=O)OCc1ccccc1.O=C(OCc1ccccc1)[C@H]1CNC[C@@H]1C(=O)OCc1ccccc1. The van der Waals surface area contributed by atoms with Crippen LogP contribution in [0.15, 0.2) is 182 Å². The fraction of sp³-hybridized carbons (Fsp3) is 0.354. The molecule has 6 N–H and O–H groups in total. The Morgan fingerprint density at radius 3 is 0.733 bits per heavy atom. The Hall–Kier alpha value is -7.30. The Labute approximate surface area is 517 Å². The molecule has 3 aliphatic rings. The van der Waals surface area contributed by atoms with Crippen LogP contribution in [0.1, 0.15) is 33.4 Å². The number of likely N-dealkylation sites (tertiary alicyclic amines) is 2. The minimum Gasteiger partial charge on any atom is -0.461 e. The summed E-state index contributed by atoms with van der Waals surface area (Å²) in [6.07, 6.45) is 0.910. The van der Waals surface area contributed by atoms with Crippen molar-refractivity contribution in [1.82, 2.24) is 15.1 Å². The molecule has 21 heteroatoms. The maximum Gasteiger partial charge on any atom is 0.311 e. The lowest BCUT2D eigenvalue weighted by Crippen LogP contribution is -2.37. The van der Waals surface area contributed by atoms with Gasteiger partial charge in [-0.3, -0.25) is 38.6 Å². The van der Waals surface area contributed by atoms with Gasteiger partial charge in [-0.1, -0.05) is 202 Å². The molecule has 0 amide bonds. The monoisotopic (exact) mass is 1240 g/mol. The lowest BCUT2D eigenvalue weighted by Gasteiger charge is -2.23. The molecule has 6 aromatic rings. The van der Waals surface area contributed by atoms with Crippen LogP contribution in [0.2, 0.25) is 19.6 Å². The average molecular weight is 1240 g/mol. The third-order valence-corrected chi connectivity index (χ3v) is 15.4. The highest BCUT2D eigenvalue weighted by molar-refractivity contribution is 6.76. The highest BCUT2D eigenvalue weighted by Gasteiger charge is 2.48. The van der Waals surface area contributed by atoms with Gasteiger partial charge >= 0.3 is 35.8 Å². The maximum absolute atomic E-state index is 13.5. The van der Waals surface area contributed by atoms with Gasteiger partial charge in [-0.15, -0.1) is 24.8 Å². The minimum atomic E-state index is -0.853. The number of esters is 6. The summed E-state index contributed by atoms with van der Waals surface area (Å²) >= 11 is 0. The molecule has 3 heterocycles. The third kappa shape index (κ3) is 23.9. The number of halogens is 2. The molecule has 0 saturated carbocycles. The van der Waals surface area contributed by atoms with Gasteiger partial charge in [-0.25, -0.2) is 5.90 Å². The standard InChI is InChI=1S/C41H42N2O8.C20H21NO4.C4H13NSi.2ClH.H3NO/c44-38(48-25-30-13-5-1-6-14-30)34-21-42(22-35(34)39(45)49-26-31-15-7-2-8-16-31)29-43-23-36(40(46)50-27-32-17-9-3-10-18-32)37(24-43)41(47)51-28-33-19-11-4-12-20-33;22-19(24-13-15-7-3-1-4-8-15)17-11-21-12-18(17)20(23)25-14-16-9-5-2-6-10-16;1-6(2,3)4-5;;;1-2/h1-20,34-37H,21-29H2;1-10,17-18,21H,11-14H2;4-5H2,1-3H3;2*1H;2H,1H2/t34-,35-,36-,37-;17-,18-;;;;/m00..../s1. The van der Waals surface area contributed by atoms with Crippen LogP contribution in [-0.2, 0) is 96.8 Å². The van der Waals surface area contributed by atoms with Crippen molar-refractivity contribution in [2.45, 2.75) is 59.3 Å². The Morgan fingerprint density at radius 2 is 0.558 bits per heavy atom. The van der Waals surface area contributed by atoms with E-state index in [1.165, 1.54) is 0 Å². The number of hydrogen-bond donors (Lipinski definition) is 4. The molecule has 86 heavy (non-hydrogen) atoms. The number of rotatable bonds is 21. The van der Waals surface area contributed by atoms with Crippen LogP contribution >= 0.6 is 24.8 Å². The second kappa shape index (κ2) is 38.0. The molecule has 462 valence electrons. The summed E-state index contributed by atoms with van der Waals surface area (Å²) in [4.78, 5) is 82.5. The Bertz CT molecular complexity index is 2630. The molecule has 3 fully saturated rings. The summed E-state index contributed by atoms with van der Waals surface area (Å²) < 4.78 is 33.5. The first kappa shape index (κ1) is 71.2. The van der Waals surface area contributed by atoms with E-state index in [-0.39, 0.29) is 103 Å². The second-order valence-electron chi connectivity index (χ2n) is 21.8.